The van der Waals surface area contributed by atoms with E-state index in [1.54, 1.807) is 7.11 Å². The van der Waals surface area contributed by atoms with E-state index in [1.807, 2.05) is 24.3 Å². The monoisotopic (exact) mass is 281 g/mol. The molecule has 2 aromatic carbocycles. The van der Waals surface area contributed by atoms with Gasteiger partial charge in [0.15, 0.2) is 5.78 Å². The zero-order chi connectivity index (χ0) is 14.8. The first-order valence-corrected chi connectivity index (χ1v) is 7.19. The number of rotatable bonds is 3. The Hall–Kier alpha value is -2.29. The highest BCUT2D eigenvalue weighted by Crippen LogP contribution is 2.34. The molecule has 0 aromatic heterocycles. The van der Waals surface area contributed by atoms with Crippen LogP contribution in [0.4, 0.5) is 5.69 Å². The number of aryl methyl sites for hydroxylation is 1. The van der Waals surface area contributed by atoms with Gasteiger partial charge in [0.05, 0.1) is 7.11 Å². The van der Waals surface area contributed by atoms with Gasteiger partial charge in [-0.1, -0.05) is 29.8 Å². The van der Waals surface area contributed by atoms with Crippen molar-refractivity contribution in [2.75, 3.05) is 18.6 Å². The molecule has 0 bridgehead atoms. The van der Waals surface area contributed by atoms with Gasteiger partial charge in [-0.3, -0.25) is 4.79 Å². The number of methoxy groups -OCH3 is 1. The summed E-state index contributed by atoms with van der Waals surface area (Å²) in [6.07, 6.45) is 0.602. The molecular weight excluding hydrogens is 262 g/mol. The minimum Gasteiger partial charge on any atom is -0.497 e. The number of anilines is 1. The Morgan fingerprint density at radius 3 is 2.33 bits per heavy atom. The summed E-state index contributed by atoms with van der Waals surface area (Å²) in [5.41, 5.74) is 3.36. The third-order valence-electron chi connectivity index (χ3n) is 4.01. The van der Waals surface area contributed by atoms with E-state index in [0.717, 1.165) is 23.5 Å². The van der Waals surface area contributed by atoms with Gasteiger partial charge in [-0.05, 0) is 36.8 Å². The largest absolute Gasteiger partial charge is 0.497 e. The molecule has 0 spiro atoms. The lowest BCUT2D eigenvalue weighted by Crippen LogP contribution is -2.25. The van der Waals surface area contributed by atoms with E-state index in [4.69, 9.17) is 4.74 Å². The molecule has 1 heterocycles. The van der Waals surface area contributed by atoms with Crippen molar-refractivity contribution in [3.8, 4) is 5.75 Å². The molecule has 1 aliphatic heterocycles. The Balaban J connectivity index is 1.93. The fraction of sp³-hybridized carbons (Fsp3) is 0.278. The van der Waals surface area contributed by atoms with Crippen LogP contribution in [0.1, 0.15) is 23.6 Å². The molecule has 108 valence electrons. The third-order valence-corrected chi connectivity index (χ3v) is 4.01. The lowest BCUT2D eigenvalue weighted by atomic mass is 10.0. The van der Waals surface area contributed by atoms with E-state index < -0.39 is 0 Å². The summed E-state index contributed by atoms with van der Waals surface area (Å²) in [5, 5.41) is 0. The first kappa shape index (κ1) is 13.7. The normalized spacial score (nSPS) is 18.1. The number of carbonyl (C=O) groups is 1. The third kappa shape index (κ3) is 2.64. The average Bonchev–Trinajstić information content (AvgIpc) is 2.90. The second-order valence-electron chi connectivity index (χ2n) is 5.42. The van der Waals surface area contributed by atoms with Gasteiger partial charge in [0.1, 0.15) is 11.8 Å². The Labute approximate surface area is 125 Å². The lowest BCUT2D eigenvalue weighted by Gasteiger charge is -2.26. The predicted molar refractivity (Wildman–Crippen MR) is 83.9 cm³/mol. The van der Waals surface area contributed by atoms with Crippen molar-refractivity contribution in [1.82, 2.24) is 0 Å². The topological polar surface area (TPSA) is 29.5 Å². The second kappa shape index (κ2) is 5.60. The fourth-order valence-electron chi connectivity index (χ4n) is 2.84. The molecule has 2 aromatic rings. The zero-order valence-corrected chi connectivity index (χ0v) is 12.4. The van der Waals surface area contributed by atoms with E-state index in [1.165, 1.54) is 5.56 Å². The van der Waals surface area contributed by atoms with Crippen LogP contribution in [0.3, 0.4) is 0 Å². The van der Waals surface area contributed by atoms with Crippen molar-refractivity contribution >= 4 is 11.5 Å². The molecule has 0 saturated carbocycles. The van der Waals surface area contributed by atoms with Crippen LogP contribution in [-0.4, -0.2) is 19.4 Å². The summed E-state index contributed by atoms with van der Waals surface area (Å²) in [6, 6.07) is 15.9. The van der Waals surface area contributed by atoms with Crippen molar-refractivity contribution < 1.29 is 9.53 Å². The minimum atomic E-state index is -0.182. The quantitative estimate of drug-likeness (QED) is 0.862. The summed E-state index contributed by atoms with van der Waals surface area (Å²) in [5.74, 6) is 1.09. The molecule has 1 aliphatic rings. The fourth-order valence-corrected chi connectivity index (χ4v) is 2.84. The van der Waals surface area contributed by atoms with Crippen molar-refractivity contribution in [2.24, 2.45) is 0 Å². The molecule has 21 heavy (non-hydrogen) atoms. The molecule has 3 rings (SSSR count). The highest BCUT2D eigenvalue weighted by atomic mass is 16.5. The smallest absolute Gasteiger partial charge is 0.161 e. The SMILES string of the molecule is COc1ccc(C2C(=O)CCN2c2ccc(C)cc2)cc1. The number of nitrogens with zero attached hydrogens (tertiary/aromatic N) is 1. The molecule has 1 atom stereocenters. The molecular formula is C18H19NO2. The second-order valence-corrected chi connectivity index (χ2v) is 5.42. The summed E-state index contributed by atoms with van der Waals surface area (Å²) in [4.78, 5) is 14.5. The molecule has 1 fully saturated rings. The molecule has 0 radical (unpaired) electrons. The van der Waals surface area contributed by atoms with Crippen molar-refractivity contribution in [3.05, 3.63) is 59.7 Å². The maximum absolute atomic E-state index is 12.3. The number of ketones is 1. The lowest BCUT2D eigenvalue weighted by molar-refractivity contribution is -0.118. The van der Waals surface area contributed by atoms with Gasteiger partial charge in [0.2, 0.25) is 0 Å². The van der Waals surface area contributed by atoms with E-state index in [0.29, 0.717) is 6.42 Å². The Kier molecular flexibility index (Phi) is 3.65. The zero-order valence-electron chi connectivity index (χ0n) is 12.4. The molecule has 0 aliphatic carbocycles. The predicted octanol–water partition coefficient (Wildman–Crippen LogP) is 3.52. The first-order chi connectivity index (χ1) is 10.2. The van der Waals surface area contributed by atoms with Crippen LogP contribution >= 0.6 is 0 Å². The van der Waals surface area contributed by atoms with Gasteiger partial charge in [-0.2, -0.15) is 0 Å². The number of carbonyl (C=O) groups excluding carboxylic acids is 1. The average molecular weight is 281 g/mol. The van der Waals surface area contributed by atoms with Crippen molar-refractivity contribution in [1.29, 1.82) is 0 Å². The Morgan fingerprint density at radius 1 is 1.05 bits per heavy atom. The Bertz CT molecular complexity index is 631. The van der Waals surface area contributed by atoms with Gasteiger partial charge in [0.25, 0.3) is 0 Å². The number of hydrogen-bond donors (Lipinski definition) is 0. The number of hydrogen-bond acceptors (Lipinski definition) is 3. The van der Waals surface area contributed by atoms with E-state index in [-0.39, 0.29) is 11.8 Å². The molecule has 1 saturated heterocycles. The molecule has 0 amide bonds. The number of benzene rings is 2. The van der Waals surface area contributed by atoms with Crippen LogP contribution in [-0.2, 0) is 4.79 Å². The molecule has 0 N–H and O–H groups in total. The van der Waals surface area contributed by atoms with E-state index in [2.05, 4.69) is 36.1 Å². The first-order valence-electron chi connectivity index (χ1n) is 7.19. The van der Waals surface area contributed by atoms with Crippen LogP contribution in [0.5, 0.6) is 5.75 Å². The Morgan fingerprint density at radius 2 is 1.71 bits per heavy atom. The molecule has 3 nitrogen and oxygen atoms in total. The maximum atomic E-state index is 12.3. The van der Waals surface area contributed by atoms with Gasteiger partial charge in [-0.15, -0.1) is 0 Å². The summed E-state index contributed by atoms with van der Waals surface area (Å²) >= 11 is 0. The van der Waals surface area contributed by atoms with Crippen LogP contribution in [0, 0.1) is 6.92 Å². The molecule has 3 heteroatoms. The van der Waals surface area contributed by atoms with Crippen LogP contribution in [0.15, 0.2) is 48.5 Å². The van der Waals surface area contributed by atoms with Crippen LogP contribution in [0.2, 0.25) is 0 Å². The molecule has 1 unspecified atom stereocenters. The van der Waals surface area contributed by atoms with Crippen molar-refractivity contribution in [2.45, 2.75) is 19.4 Å². The summed E-state index contributed by atoms with van der Waals surface area (Å²) in [7, 11) is 1.65. The van der Waals surface area contributed by atoms with Gasteiger partial charge in [0, 0.05) is 18.7 Å². The van der Waals surface area contributed by atoms with E-state index >= 15 is 0 Å². The van der Waals surface area contributed by atoms with Crippen LogP contribution < -0.4 is 9.64 Å². The maximum Gasteiger partial charge on any atom is 0.161 e. The van der Waals surface area contributed by atoms with Crippen LogP contribution in [0.25, 0.3) is 0 Å². The number of ether oxygens (including phenoxy) is 1. The van der Waals surface area contributed by atoms with Gasteiger partial charge >= 0.3 is 0 Å². The standard InChI is InChI=1S/C18H19NO2/c1-13-3-7-15(8-4-13)19-12-11-17(20)18(19)14-5-9-16(21-2)10-6-14/h3-10,18H,11-12H2,1-2H3. The number of Topliss-reactive ketones (excluding diaryl/α,β-unsaturated/α-hetero) is 1. The van der Waals surface area contributed by atoms with Gasteiger partial charge in [-0.25, -0.2) is 0 Å². The van der Waals surface area contributed by atoms with Gasteiger partial charge < -0.3 is 9.64 Å². The highest BCUT2D eigenvalue weighted by Gasteiger charge is 2.33. The van der Waals surface area contributed by atoms with E-state index in [9.17, 15) is 4.79 Å². The highest BCUT2D eigenvalue weighted by molar-refractivity contribution is 5.92. The summed E-state index contributed by atoms with van der Waals surface area (Å²) in [6.45, 7) is 2.85. The summed E-state index contributed by atoms with van der Waals surface area (Å²) < 4.78 is 5.18. The van der Waals surface area contributed by atoms with Crippen molar-refractivity contribution in [3.63, 3.8) is 0 Å². The minimum absolute atomic E-state index is 0.182.